The van der Waals surface area contributed by atoms with E-state index in [2.05, 4.69) is 211 Å². The molecule has 0 radical (unpaired) electrons. The molecule has 0 amide bonds. The molecule has 0 unspecified atom stereocenters. The van der Waals surface area contributed by atoms with Gasteiger partial charge in [-0.2, -0.15) is 0 Å². The van der Waals surface area contributed by atoms with E-state index in [1.807, 2.05) is 6.07 Å². The van der Waals surface area contributed by atoms with Crippen LogP contribution >= 0.6 is 0 Å². The first kappa shape index (κ1) is 32.0. The van der Waals surface area contributed by atoms with Gasteiger partial charge in [-0.1, -0.05) is 176 Å². The highest BCUT2D eigenvalue weighted by Crippen LogP contribution is 2.47. The van der Waals surface area contributed by atoms with Gasteiger partial charge in [-0.05, 0) is 96.5 Å². The predicted molar refractivity (Wildman–Crippen MR) is 237 cm³/mol. The van der Waals surface area contributed by atoms with Gasteiger partial charge in [-0.15, -0.1) is 0 Å². The van der Waals surface area contributed by atoms with Gasteiger partial charge in [-0.3, -0.25) is 0 Å². The molecule has 0 aliphatic carbocycles. The predicted octanol–water partition coefficient (Wildman–Crippen LogP) is 15.5. The second kappa shape index (κ2) is 13.2. The molecule has 10 aromatic carbocycles. The number of hydrogen-bond acceptors (Lipinski definition) is 2. The Kier molecular flexibility index (Phi) is 7.53. The first-order valence-electron chi connectivity index (χ1n) is 19.2. The summed E-state index contributed by atoms with van der Waals surface area (Å²) in [5.41, 5.74) is 12.1. The van der Waals surface area contributed by atoms with Crippen LogP contribution < -0.4 is 4.90 Å². The minimum absolute atomic E-state index is 0.864. The number of benzene rings is 10. The van der Waals surface area contributed by atoms with Crippen molar-refractivity contribution in [3.8, 4) is 33.4 Å². The van der Waals surface area contributed by atoms with Gasteiger partial charge in [0.2, 0.25) is 0 Å². The molecule has 0 N–H and O–H groups in total. The lowest BCUT2D eigenvalue weighted by molar-refractivity contribution is 0.669. The minimum atomic E-state index is 0.864. The Morgan fingerprint density at radius 1 is 0.304 bits per heavy atom. The average Bonchev–Trinajstić information content (AvgIpc) is 3.66. The zero-order valence-corrected chi connectivity index (χ0v) is 30.6. The largest absolute Gasteiger partial charge is 0.456 e. The van der Waals surface area contributed by atoms with Gasteiger partial charge in [0.05, 0.1) is 16.8 Å². The smallest absolute Gasteiger partial charge is 0.137 e. The number of anilines is 3. The molecule has 262 valence electrons. The third-order valence-corrected chi connectivity index (χ3v) is 11.3. The fourth-order valence-corrected chi connectivity index (χ4v) is 8.67. The van der Waals surface area contributed by atoms with Crippen molar-refractivity contribution in [2.45, 2.75) is 0 Å². The Morgan fingerprint density at radius 3 is 1.71 bits per heavy atom. The van der Waals surface area contributed by atoms with E-state index in [0.29, 0.717) is 0 Å². The molecule has 11 rings (SSSR count). The molecule has 2 heteroatoms. The summed E-state index contributed by atoms with van der Waals surface area (Å²) in [4.78, 5) is 2.42. The van der Waals surface area contributed by atoms with Crippen molar-refractivity contribution < 1.29 is 4.42 Å². The van der Waals surface area contributed by atoms with Crippen LogP contribution in [0.2, 0.25) is 0 Å². The van der Waals surface area contributed by atoms with Crippen LogP contribution in [-0.4, -0.2) is 0 Å². The van der Waals surface area contributed by atoms with E-state index in [0.717, 1.165) is 55.7 Å². The second-order valence-electron chi connectivity index (χ2n) is 14.4. The van der Waals surface area contributed by atoms with Gasteiger partial charge in [0.1, 0.15) is 11.2 Å². The zero-order chi connectivity index (χ0) is 37.0. The summed E-state index contributed by atoms with van der Waals surface area (Å²) in [6, 6.07) is 76.5. The van der Waals surface area contributed by atoms with Crippen LogP contribution in [0.25, 0.3) is 87.6 Å². The molecule has 1 heterocycles. The fraction of sp³-hybridized carbons (Fsp3) is 0. The standard InChI is InChI=1S/C54H35NO/c1-3-18-42-36(13-1)15-10-22-43(42)38-29-31-39(32-30-38)46-20-5-7-25-50(46)55(51-26-12-28-53-54(51)49-21-6-8-27-52(49)56-53)41-17-9-16-40(35-41)45-23-11-24-47-44-19-4-2-14-37(44)33-34-48(45)47/h1-35H. The topological polar surface area (TPSA) is 16.4 Å². The van der Waals surface area contributed by atoms with Crippen LogP contribution in [0.1, 0.15) is 0 Å². The molecule has 0 atom stereocenters. The van der Waals surface area contributed by atoms with E-state index >= 15 is 0 Å². The lowest BCUT2D eigenvalue weighted by Gasteiger charge is -2.29. The summed E-state index contributed by atoms with van der Waals surface area (Å²) >= 11 is 0. The Balaban J connectivity index is 1.11. The van der Waals surface area contributed by atoms with Crippen LogP contribution in [0.15, 0.2) is 217 Å². The van der Waals surface area contributed by atoms with E-state index < -0.39 is 0 Å². The maximum Gasteiger partial charge on any atom is 0.137 e. The molecule has 0 saturated carbocycles. The zero-order valence-electron chi connectivity index (χ0n) is 30.6. The van der Waals surface area contributed by atoms with E-state index in [1.165, 1.54) is 49.0 Å². The highest BCUT2D eigenvalue weighted by Gasteiger charge is 2.22. The molecule has 0 saturated heterocycles. The van der Waals surface area contributed by atoms with E-state index in [9.17, 15) is 0 Å². The Morgan fingerprint density at radius 2 is 0.857 bits per heavy atom. The van der Waals surface area contributed by atoms with E-state index in [-0.39, 0.29) is 0 Å². The van der Waals surface area contributed by atoms with Crippen molar-refractivity contribution in [3.63, 3.8) is 0 Å². The lowest BCUT2D eigenvalue weighted by atomic mass is 9.94. The third-order valence-electron chi connectivity index (χ3n) is 11.3. The molecule has 0 fully saturated rings. The Hall–Kier alpha value is -7.42. The molecule has 0 aliphatic rings. The van der Waals surface area contributed by atoms with Crippen LogP contribution in [-0.2, 0) is 0 Å². The fourth-order valence-electron chi connectivity index (χ4n) is 8.67. The van der Waals surface area contributed by atoms with E-state index in [1.54, 1.807) is 0 Å². The SMILES string of the molecule is c1cc(-c2cccc3c2ccc2ccccc23)cc(N(c2ccccc2-c2ccc(-c3cccc4ccccc34)cc2)c2cccc3oc4ccccc4c23)c1. The van der Waals surface area contributed by atoms with Gasteiger partial charge in [0.15, 0.2) is 0 Å². The summed E-state index contributed by atoms with van der Waals surface area (Å²) in [5.74, 6) is 0. The van der Waals surface area contributed by atoms with Crippen LogP contribution in [0.5, 0.6) is 0 Å². The normalized spacial score (nSPS) is 11.6. The number of para-hydroxylation sites is 2. The van der Waals surface area contributed by atoms with Crippen molar-refractivity contribution >= 4 is 71.3 Å². The number of fused-ring (bicyclic) bond motifs is 7. The number of furan rings is 1. The van der Waals surface area contributed by atoms with Gasteiger partial charge >= 0.3 is 0 Å². The van der Waals surface area contributed by atoms with Crippen LogP contribution in [0, 0.1) is 0 Å². The second-order valence-corrected chi connectivity index (χ2v) is 14.4. The Labute approximate surface area is 325 Å². The van der Waals surface area contributed by atoms with E-state index in [4.69, 9.17) is 4.42 Å². The average molecular weight is 714 g/mol. The summed E-state index contributed by atoms with van der Waals surface area (Å²) in [6.07, 6.45) is 0. The van der Waals surface area contributed by atoms with Crippen molar-refractivity contribution in [1.82, 2.24) is 0 Å². The molecular formula is C54H35NO. The van der Waals surface area contributed by atoms with Crippen molar-refractivity contribution in [3.05, 3.63) is 212 Å². The molecule has 2 nitrogen and oxygen atoms in total. The number of rotatable bonds is 6. The number of hydrogen-bond donors (Lipinski definition) is 0. The first-order chi connectivity index (χ1) is 27.8. The molecule has 0 aliphatic heterocycles. The van der Waals surface area contributed by atoms with Crippen molar-refractivity contribution in [2.75, 3.05) is 4.90 Å². The summed E-state index contributed by atoms with van der Waals surface area (Å²) in [6.45, 7) is 0. The van der Waals surface area contributed by atoms with Crippen LogP contribution in [0.4, 0.5) is 17.1 Å². The van der Waals surface area contributed by atoms with Crippen molar-refractivity contribution in [1.29, 1.82) is 0 Å². The molecule has 0 spiro atoms. The number of nitrogens with zero attached hydrogens (tertiary/aromatic N) is 1. The van der Waals surface area contributed by atoms with Crippen molar-refractivity contribution in [2.24, 2.45) is 0 Å². The van der Waals surface area contributed by atoms with Gasteiger partial charge in [-0.25, -0.2) is 0 Å². The molecule has 0 bridgehead atoms. The molecular weight excluding hydrogens is 679 g/mol. The lowest BCUT2D eigenvalue weighted by Crippen LogP contribution is -2.11. The molecule has 1 aromatic heterocycles. The van der Waals surface area contributed by atoms with Gasteiger partial charge in [0, 0.05) is 16.6 Å². The maximum atomic E-state index is 6.47. The monoisotopic (exact) mass is 713 g/mol. The quantitative estimate of drug-likeness (QED) is 0.160. The third kappa shape index (κ3) is 5.26. The summed E-state index contributed by atoms with van der Waals surface area (Å²) in [5, 5.41) is 9.70. The maximum absolute atomic E-state index is 6.47. The summed E-state index contributed by atoms with van der Waals surface area (Å²) < 4.78 is 6.47. The highest BCUT2D eigenvalue weighted by molar-refractivity contribution is 6.15. The van der Waals surface area contributed by atoms with Gasteiger partial charge in [0.25, 0.3) is 0 Å². The van der Waals surface area contributed by atoms with Gasteiger partial charge < -0.3 is 9.32 Å². The van der Waals surface area contributed by atoms with Crippen LogP contribution in [0.3, 0.4) is 0 Å². The Bertz CT molecular complexity index is 3260. The summed E-state index contributed by atoms with van der Waals surface area (Å²) in [7, 11) is 0. The molecule has 56 heavy (non-hydrogen) atoms. The highest BCUT2D eigenvalue weighted by atomic mass is 16.3. The molecule has 11 aromatic rings. The minimum Gasteiger partial charge on any atom is -0.456 e. The first-order valence-corrected chi connectivity index (χ1v) is 19.2.